The Morgan fingerprint density at radius 3 is 2.56 bits per heavy atom. The first kappa shape index (κ1) is 21.2. The van der Waals surface area contributed by atoms with Crippen LogP contribution in [0.1, 0.15) is 12.8 Å². The Morgan fingerprint density at radius 1 is 1.12 bits per heavy atom. The maximum atomic E-state index is 12.8. The highest BCUT2D eigenvalue weighted by atomic mass is 16.6. The number of aromatic nitrogens is 2. The highest BCUT2D eigenvalue weighted by Crippen LogP contribution is 2.31. The Bertz CT molecular complexity index is 1110. The maximum Gasteiger partial charge on any atom is 0.271 e. The van der Waals surface area contributed by atoms with E-state index >= 15 is 0 Å². The third-order valence-electron chi connectivity index (χ3n) is 5.56. The second-order valence-electron chi connectivity index (χ2n) is 7.52. The van der Waals surface area contributed by atoms with Crippen molar-refractivity contribution in [3.8, 4) is 17.0 Å². The lowest BCUT2D eigenvalue weighted by atomic mass is 9.95. The van der Waals surface area contributed by atoms with Crippen LogP contribution >= 0.6 is 0 Å². The molecule has 0 radical (unpaired) electrons. The first-order valence-electron chi connectivity index (χ1n) is 10.3. The van der Waals surface area contributed by atoms with Crippen LogP contribution in [0.3, 0.4) is 0 Å². The number of carbonyl (C=O) groups excluding carboxylic acids is 1. The highest BCUT2D eigenvalue weighted by Gasteiger charge is 2.27. The number of anilines is 2. The summed E-state index contributed by atoms with van der Waals surface area (Å²) in [6.07, 6.45) is 2.85. The van der Waals surface area contributed by atoms with Crippen LogP contribution in [0.15, 0.2) is 60.9 Å². The Balaban J connectivity index is 1.41. The molecular formula is C23H23N5O4. The molecule has 0 spiro atoms. The van der Waals surface area contributed by atoms with Crippen LogP contribution in [0.25, 0.3) is 11.3 Å². The molecule has 164 valence electrons. The van der Waals surface area contributed by atoms with Gasteiger partial charge in [0.15, 0.2) is 0 Å². The molecule has 1 aliphatic heterocycles. The number of nitro benzene ring substituents is 1. The van der Waals surface area contributed by atoms with Crippen LogP contribution in [0.4, 0.5) is 17.2 Å². The molecule has 1 amide bonds. The van der Waals surface area contributed by atoms with E-state index in [1.165, 1.54) is 25.3 Å². The molecule has 0 bridgehead atoms. The zero-order valence-electron chi connectivity index (χ0n) is 17.6. The van der Waals surface area contributed by atoms with Gasteiger partial charge in [-0.1, -0.05) is 30.3 Å². The van der Waals surface area contributed by atoms with Crippen LogP contribution in [0.2, 0.25) is 0 Å². The van der Waals surface area contributed by atoms with Gasteiger partial charge in [-0.25, -0.2) is 9.97 Å². The summed E-state index contributed by atoms with van der Waals surface area (Å²) < 4.78 is 5.23. The van der Waals surface area contributed by atoms with Crippen LogP contribution in [-0.2, 0) is 4.79 Å². The van der Waals surface area contributed by atoms with Crippen molar-refractivity contribution in [2.75, 3.05) is 30.4 Å². The van der Waals surface area contributed by atoms with Gasteiger partial charge >= 0.3 is 0 Å². The zero-order chi connectivity index (χ0) is 22.5. The van der Waals surface area contributed by atoms with Crippen molar-refractivity contribution < 1.29 is 14.5 Å². The molecule has 2 heterocycles. The number of amides is 1. The van der Waals surface area contributed by atoms with Gasteiger partial charge in [-0.15, -0.1) is 0 Å². The summed E-state index contributed by atoms with van der Waals surface area (Å²) in [6.45, 7) is 1.35. The molecule has 0 saturated carbocycles. The van der Waals surface area contributed by atoms with Crippen LogP contribution in [-0.4, -0.2) is 41.0 Å². The Morgan fingerprint density at radius 2 is 1.88 bits per heavy atom. The van der Waals surface area contributed by atoms with E-state index in [-0.39, 0.29) is 17.5 Å². The summed E-state index contributed by atoms with van der Waals surface area (Å²) in [4.78, 5) is 34.3. The number of non-ortho nitro benzene ring substituents is 1. The van der Waals surface area contributed by atoms with E-state index in [2.05, 4.69) is 20.2 Å². The first-order valence-corrected chi connectivity index (χ1v) is 10.3. The molecule has 1 fully saturated rings. The quantitative estimate of drug-likeness (QED) is 0.463. The number of nitrogens with zero attached hydrogens (tertiary/aromatic N) is 4. The molecule has 2 aromatic carbocycles. The number of ether oxygens (including phenoxy) is 1. The molecule has 1 N–H and O–H groups in total. The van der Waals surface area contributed by atoms with E-state index < -0.39 is 4.92 Å². The number of nitro groups is 1. The summed E-state index contributed by atoms with van der Waals surface area (Å²) in [5.41, 5.74) is 2.08. The van der Waals surface area contributed by atoms with E-state index in [4.69, 9.17) is 4.74 Å². The number of nitrogens with one attached hydrogen (secondary N) is 1. The van der Waals surface area contributed by atoms with Crippen molar-refractivity contribution in [2.45, 2.75) is 12.8 Å². The lowest BCUT2D eigenvalue weighted by Gasteiger charge is -2.32. The van der Waals surface area contributed by atoms with Crippen molar-refractivity contribution in [1.29, 1.82) is 0 Å². The fourth-order valence-corrected chi connectivity index (χ4v) is 3.80. The fraction of sp³-hybridized carbons (Fsp3) is 0.261. The van der Waals surface area contributed by atoms with E-state index in [0.29, 0.717) is 37.4 Å². The Kier molecular flexibility index (Phi) is 6.25. The Hall–Kier alpha value is -4.01. The third-order valence-corrected chi connectivity index (χ3v) is 5.56. The van der Waals surface area contributed by atoms with Gasteiger partial charge < -0.3 is 15.0 Å². The second kappa shape index (κ2) is 9.42. The molecule has 9 nitrogen and oxygen atoms in total. The van der Waals surface area contributed by atoms with Gasteiger partial charge in [-0.05, 0) is 18.9 Å². The number of carbonyl (C=O) groups is 1. The summed E-state index contributed by atoms with van der Waals surface area (Å²) in [5, 5.41) is 13.9. The van der Waals surface area contributed by atoms with Crippen LogP contribution < -0.4 is 15.0 Å². The topological polar surface area (TPSA) is 110 Å². The highest BCUT2D eigenvalue weighted by molar-refractivity contribution is 5.94. The Labute approximate surface area is 185 Å². The third kappa shape index (κ3) is 4.66. The monoisotopic (exact) mass is 433 g/mol. The van der Waals surface area contributed by atoms with E-state index in [0.717, 1.165) is 17.1 Å². The molecule has 0 aliphatic carbocycles. The number of hydrogen-bond donors (Lipinski definition) is 1. The minimum Gasteiger partial charge on any atom is -0.495 e. The average molecular weight is 433 g/mol. The zero-order valence-corrected chi connectivity index (χ0v) is 17.6. The van der Waals surface area contributed by atoms with Gasteiger partial charge in [-0.2, -0.15) is 0 Å². The minimum absolute atomic E-state index is 0.103. The minimum atomic E-state index is -0.501. The molecular weight excluding hydrogens is 410 g/mol. The van der Waals surface area contributed by atoms with E-state index in [1.54, 1.807) is 6.33 Å². The van der Waals surface area contributed by atoms with Crippen molar-refractivity contribution in [3.63, 3.8) is 0 Å². The summed E-state index contributed by atoms with van der Waals surface area (Å²) >= 11 is 0. The van der Waals surface area contributed by atoms with Gasteiger partial charge in [0.25, 0.3) is 5.69 Å². The van der Waals surface area contributed by atoms with Gasteiger partial charge in [0.1, 0.15) is 17.9 Å². The molecule has 0 unspecified atom stereocenters. The molecule has 32 heavy (non-hydrogen) atoms. The van der Waals surface area contributed by atoms with Gasteiger partial charge in [-0.3, -0.25) is 14.9 Å². The summed E-state index contributed by atoms with van der Waals surface area (Å²) in [6, 6.07) is 16.0. The number of piperidine rings is 1. The van der Waals surface area contributed by atoms with Crippen molar-refractivity contribution >= 4 is 23.1 Å². The van der Waals surface area contributed by atoms with Crippen LogP contribution in [0, 0.1) is 16.0 Å². The molecule has 1 aliphatic rings. The van der Waals surface area contributed by atoms with Crippen molar-refractivity contribution in [1.82, 2.24) is 9.97 Å². The van der Waals surface area contributed by atoms with Crippen molar-refractivity contribution in [3.05, 3.63) is 71.0 Å². The van der Waals surface area contributed by atoms with Gasteiger partial charge in [0.2, 0.25) is 5.91 Å². The lowest BCUT2D eigenvalue weighted by Crippen LogP contribution is -2.38. The van der Waals surface area contributed by atoms with Gasteiger partial charge in [0.05, 0.1) is 23.4 Å². The normalized spacial score (nSPS) is 14.1. The lowest BCUT2D eigenvalue weighted by molar-refractivity contribution is -0.384. The summed E-state index contributed by atoms with van der Waals surface area (Å²) in [5.74, 6) is 0.843. The number of benzene rings is 2. The number of methoxy groups -OCH3 is 1. The van der Waals surface area contributed by atoms with Crippen LogP contribution in [0.5, 0.6) is 5.75 Å². The second-order valence-corrected chi connectivity index (χ2v) is 7.52. The molecule has 1 aromatic heterocycles. The molecule has 9 heteroatoms. The predicted octanol–water partition coefficient (Wildman–Crippen LogP) is 3.92. The number of rotatable bonds is 6. The van der Waals surface area contributed by atoms with E-state index in [1.807, 2.05) is 36.4 Å². The first-order chi connectivity index (χ1) is 15.5. The molecule has 0 atom stereocenters. The average Bonchev–Trinajstić information content (AvgIpc) is 2.84. The number of hydrogen-bond acceptors (Lipinski definition) is 7. The van der Waals surface area contributed by atoms with Gasteiger partial charge in [0, 0.05) is 42.8 Å². The largest absolute Gasteiger partial charge is 0.495 e. The standard InChI is InChI=1S/C23H23N5O4/c1-32-21-8-7-18(28(30)31)13-20(21)26-23(29)17-9-11-27(12-10-17)22-14-19(24-15-25-22)16-5-3-2-4-6-16/h2-8,13-15,17H,9-12H2,1H3,(H,26,29). The SMILES string of the molecule is COc1ccc([N+](=O)[O-])cc1NC(=O)C1CCN(c2cc(-c3ccccc3)ncn2)CC1. The van der Waals surface area contributed by atoms with E-state index in [9.17, 15) is 14.9 Å². The molecule has 4 rings (SSSR count). The predicted molar refractivity (Wildman–Crippen MR) is 121 cm³/mol. The van der Waals surface area contributed by atoms with Crippen molar-refractivity contribution in [2.24, 2.45) is 5.92 Å². The maximum absolute atomic E-state index is 12.8. The smallest absolute Gasteiger partial charge is 0.271 e. The molecule has 3 aromatic rings. The fourth-order valence-electron chi connectivity index (χ4n) is 3.80. The summed E-state index contributed by atoms with van der Waals surface area (Å²) in [7, 11) is 1.46. The molecule has 1 saturated heterocycles.